The van der Waals surface area contributed by atoms with E-state index in [9.17, 15) is 0 Å². The van der Waals surface area contributed by atoms with Gasteiger partial charge in [-0.1, -0.05) is 33.3 Å². The average Bonchev–Trinajstić information content (AvgIpc) is 2.33. The minimum absolute atomic E-state index is 0.578. The van der Waals surface area contributed by atoms with Crippen molar-refractivity contribution in [2.75, 3.05) is 19.7 Å². The van der Waals surface area contributed by atoms with E-state index in [2.05, 4.69) is 51.2 Å². The number of hydrogen-bond acceptors (Lipinski definition) is 2. The zero-order chi connectivity index (χ0) is 13.4. The van der Waals surface area contributed by atoms with E-state index in [0.717, 1.165) is 25.4 Å². The lowest BCUT2D eigenvalue weighted by Gasteiger charge is -2.12. The second kappa shape index (κ2) is 8.15. The molecule has 0 aliphatic carbocycles. The van der Waals surface area contributed by atoms with Crippen LogP contribution in [0.25, 0.3) is 0 Å². The van der Waals surface area contributed by atoms with Crippen molar-refractivity contribution in [1.29, 1.82) is 0 Å². The van der Waals surface area contributed by atoms with Crippen LogP contribution in [0, 0.1) is 6.92 Å². The molecule has 0 saturated heterocycles. The fourth-order valence-electron chi connectivity index (χ4n) is 2.05. The lowest BCUT2D eigenvalue weighted by atomic mass is 9.98. The predicted octanol–water partition coefficient (Wildman–Crippen LogP) is 3.89. The van der Waals surface area contributed by atoms with Gasteiger partial charge in [-0.3, -0.25) is 0 Å². The quantitative estimate of drug-likeness (QED) is 0.706. The molecule has 0 saturated carbocycles. The molecule has 0 amide bonds. The molecule has 0 aliphatic rings. The third kappa shape index (κ3) is 5.09. The summed E-state index contributed by atoms with van der Waals surface area (Å²) in [6.45, 7) is 11.6. The van der Waals surface area contributed by atoms with Crippen molar-refractivity contribution in [2.24, 2.45) is 0 Å². The molecule has 0 bridgehead atoms. The van der Waals surface area contributed by atoms with Crippen LogP contribution < -0.4 is 10.1 Å². The first-order valence-corrected chi connectivity index (χ1v) is 7.09. The average molecular weight is 249 g/mol. The summed E-state index contributed by atoms with van der Waals surface area (Å²) in [4.78, 5) is 0. The summed E-state index contributed by atoms with van der Waals surface area (Å²) in [5.41, 5.74) is 2.73. The molecule has 0 spiro atoms. The number of hydrogen-bond donors (Lipinski definition) is 1. The molecule has 0 aliphatic heterocycles. The first-order chi connectivity index (χ1) is 8.65. The Labute approximate surface area is 112 Å². The van der Waals surface area contributed by atoms with Crippen LogP contribution in [0.1, 0.15) is 50.7 Å². The zero-order valence-electron chi connectivity index (χ0n) is 12.3. The third-order valence-corrected chi connectivity index (χ3v) is 3.12. The lowest BCUT2D eigenvalue weighted by molar-refractivity contribution is 0.313. The van der Waals surface area contributed by atoms with E-state index in [4.69, 9.17) is 4.74 Å². The highest BCUT2D eigenvalue weighted by molar-refractivity contribution is 5.36. The Hall–Kier alpha value is -1.02. The Balaban J connectivity index is 2.33. The van der Waals surface area contributed by atoms with Gasteiger partial charge in [-0.2, -0.15) is 0 Å². The molecule has 1 aromatic carbocycles. The number of aryl methyl sites for hydroxylation is 1. The Kier molecular flexibility index (Phi) is 6.81. The SMILES string of the molecule is CCCCNCCOc1ccc(C(C)C)c(C)c1. The van der Waals surface area contributed by atoms with E-state index in [1.807, 2.05) is 0 Å². The second-order valence-electron chi connectivity index (χ2n) is 5.13. The molecular formula is C16H27NO. The summed E-state index contributed by atoms with van der Waals surface area (Å²) in [7, 11) is 0. The standard InChI is InChI=1S/C16H27NO/c1-5-6-9-17-10-11-18-15-7-8-16(13(2)3)14(4)12-15/h7-8,12-13,17H,5-6,9-11H2,1-4H3. The first kappa shape index (κ1) is 15.0. The fourth-order valence-corrected chi connectivity index (χ4v) is 2.05. The van der Waals surface area contributed by atoms with Crippen LogP contribution in [0.15, 0.2) is 18.2 Å². The van der Waals surface area contributed by atoms with Gasteiger partial charge >= 0.3 is 0 Å². The van der Waals surface area contributed by atoms with Gasteiger partial charge in [0.1, 0.15) is 12.4 Å². The van der Waals surface area contributed by atoms with Gasteiger partial charge in [0.25, 0.3) is 0 Å². The van der Waals surface area contributed by atoms with Crippen molar-refractivity contribution >= 4 is 0 Å². The smallest absolute Gasteiger partial charge is 0.119 e. The minimum Gasteiger partial charge on any atom is -0.492 e. The van der Waals surface area contributed by atoms with E-state index in [0.29, 0.717) is 5.92 Å². The van der Waals surface area contributed by atoms with Crippen LogP contribution in [-0.2, 0) is 0 Å². The summed E-state index contributed by atoms with van der Waals surface area (Å²) in [5, 5.41) is 3.38. The van der Waals surface area contributed by atoms with Gasteiger partial charge in [-0.15, -0.1) is 0 Å². The number of rotatable bonds is 8. The van der Waals surface area contributed by atoms with Crippen LogP contribution >= 0.6 is 0 Å². The van der Waals surface area contributed by atoms with E-state index in [1.165, 1.54) is 24.0 Å². The second-order valence-corrected chi connectivity index (χ2v) is 5.13. The van der Waals surface area contributed by atoms with Gasteiger partial charge in [0.15, 0.2) is 0 Å². The summed E-state index contributed by atoms with van der Waals surface area (Å²) in [6.07, 6.45) is 2.48. The maximum atomic E-state index is 5.74. The Morgan fingerprint density at radius 1 is 1.22 bits per heavy atom. The molecule has 1 N–H and O–H groups in total. The Morgan fingerprint density at radius 2 is 2.00 bits per heavy atom. The van der Waals surface area contributed by atoms with E-state index in [1.54, 1.807) is 0 Å². The van der Waals surface area contributed by atoms with Crippen molar-refractivity contribution in [3.05, 3.63) is 29.3 Å². The van der Waals surface area contributed by atoms with Crippen molar-refractivity contribution in [3.8, 4) is 5.75 Å². The molecule has 0 fully saturated rings. The molecule has 102 valence electrons. The van der Waals surface area contributed by atoms with Crippen LogP contribution in [0.5, 0.6) is 5.75 Å². The van der Waals surface area contributed by atoms with Crippen LogP contribution in [-0.4, -0.2) is 19.7 Å². The number of benzene rings is 1. The summed E-state index contributed by atoms with van der Waals surface area (Å²) in [5.74, 6) is 1.56. The maximum Gasteiger partial charge on any atom is 0.119 e. The van der Waals surface area contributed by atoms with Crippen LogP contribution in [0.4, 0.5) is 0 Å². The molecule has 1 aromatic rings. The minimum atomic E-state index is 0.578. The third-order valence-electron chi connectivity index (χ3n) is 3.12. The molecule has 2 heteroatoms. The van der Waals surface area contributed by atoms with E-state index < -0.39 is 0 Å². The molecule has 0 atom stereocenters. The van der Waals surface area contributed by atoms with Crippen molar-refractivity contribution in [3.63, 3.8) is 0 Å². The summed E-state index contributed by atoms with van der Waals surface area (Å²) >= 11 is 0. The molecule has 1 rings (SSSR count). The molecule has 0 radical (unpaired) electrons. The van der Waals surface area contributed by atoms with Crippen molar-refractivity contribution in [2.45, 2.75) is 46.5 Å². The highest BCUT2D eigenvalue weighted by atomic mass is 16.5. The molecule has 2 nitrogen and oxygen atoms in total. The van der Waals surface area contributed by atoms with Crippen LogP contribution in [0.3, 0.4) is 0 Å². The molecular weight excluding hydrogens is 222 g/mol. The first-order valence-electron chi connectivity index (χ1n) is 7.09. The fraction of sp³-hybridized carbons (Fsp3) is 0.625. The number of ether oxygens (including phenoxy) is 1. The van der Waals surface area contributed by atoms with Gasteiger partial charge < -0.3 is 10.1 Å². The van der Waals surface area contributed by atoms with Crippen LogP contribution in [0.2, 0.25) is 0 Å². The highest BCUT2D eigenvalue weighted by Crippen LogP contribution is 2.23. The largest absolute Gasteiger partial charge is 0.492 e. The van der Waals surface area contributed by atoms with Gasteiger partial charge in [0, 0.05) is 6.54 Å². The molecule has 0 unspecified atom stereocenters. The summed E-state index contributed by atoms with van der Waals surface area (Å²) < 4.78 is 5.74. The summed E-state index contributed by atoms with van der Waals surface area (Å²) in [6, 6.07) is 6.40. The topological polar surface area (TPSA) is 21.3 Å². The number of unbranched alkanes of at least 4 members (excludes halogenated alkanes) is 1. The molecule has 0 aromatic heterocycles. The zero-order valence-corrected chi connectivity index (χ0v) is 12.3. The van der Waals surface area contributed by atoms with Gasteiger partial charge in [-0.25, -0.2) is 0 Å². The lowest BCUT2D eigenvalue weighted by Crippen LogP contribution is -2.21. The van der Waals surface area contributed by atoms with Gasteiger partial charge in [-0.05, 0) is 49.1 Å². The Morgan fingerprint density at radius 3 is 2.61 bits per heavy atom. The van der Waals surface area contributed by atoms with Gasteiger partial charge in [0.2, 0.25) is 0 Å². The van der Waals surface area contributed by atoms with Crippen molar-refractivity contribution in [1.82, 2.24) is 5.32 Å². The highest BCUT2D eigenvalue weighted by Gasteiger charge is 2.04. The monoisotopic (exact) mass is 249 g/mol. The Bertz CT molecular complexity index is 347. The van der Waals surface area contributed by atoms with Crippen molar-refractivity contribution < 1.29 is 4.74 Å². The maximum absolute atomic E-state index is 5.74. The molecule has 0 heterocycles. The normalized spacial score (nSPS) is 10.9. The van der Waals surface area contributed by atoms with E-state index in [-0.39, 0.29) is 0 Å². The molecule has 18 heavy (non-hydrogen) atoms. The van der Waals surface area contributed by atoms with Gasteiger partial charge in [0.05, 0.1) is 0 Å². The predicted molar refractivity (Wildman–Crippen MR) is 78.5 cm³/mol. The number of nitrogens with one attached hydrogen (secondary N) is 1. The van der Waals surface area contributed by atoms with E-state index >= 15 is 0 Å².